The van der Waals surface area contributed by atoms with Crippen LogP contribution in [0.15, 0.2) is 30.3 Å². The van der Waals surface area contributed by atoms with Crippen molar-refractivity contribution in [3.05, 3.63) is 41.6 Å². The van der Waals surface area contributed by atoms with Gasteiger partial charge in [-0.25, -0.2) is 4.98 Å². The number of aromatic nitrogens is 2. The number of nitrogens with zero attached hydrogens (tertiary/aromatic N) is 4. The molecule has 2 aromatic rings. The lowest BCUT2D eigenvalue weighted by Crippen LogP contribution is -2.61. The van der Waals surface area contributed by atoms with E-state index in [4.69, 9.17) is 9.47 Å². The Kier molecular flexibility index (Phi) is 5.17. The average Bonchev–Trinajstić information content (AvgIpc) is 3.20. The monoisotopic (exact) mass is 423 g/mol. The van der Waals surface area contributed by atoms with Gasteiger partial charge in [-0.3, -0.25) is 4.79 Å². The van der Waals surface area contributed by atoms with Gasteiger partial charge < -0.3 is 24.6 Å². The number of fused-ring (bicyclic) bond motifs is 1. The van der Waals surface area contributed by atoms with E-state index in [2.05, 4.69) is 38.4 Å². The molecular formula is C23H29N5O3. The molecule has 0 bridgehead atoms. The second-order valence-electron chi connectivity index (χ2n) is 8.60. The zero-order valence-corrected chi connectivity index (χ0v) is 18.1. The largest absolute Gasteiger partial charge is 0.481 e. The molecule has 164 valence electrons. The number of rotatable bonds is 4. The third-order valence-electron chi connectivity index (χ3n) is 6.68. The number of piperidine rings is 1. The number of hydrogen-bond donors (Lipinski definition) is 1. The van der Waals surface area contributed by atoms with E-state index in [1.165, 1.54) is 11.3 Å². The Labute approximate surface area is 182 Å². The van der Waals surface area contributed by atoms with Crippen molar-refractivity contribution in [1.29, 1.82) is 0 Å². The molecule has 8 nitrogen and oxygen atoms in total. The van der Waals surface area contributed by atoms with Gasteiger partial charge in [0, 0.05) is 68.9 Å². The van der Waals surface area contributed by atoms with Crippen LogP contribution in [-0.2, 0) is 9.53 Å². The smallest absolute Gasteiger partial charge is 0.255 e. The summed E-state index contributed by atoms with van der Waals surface area (Å²) >= 11 is 0. The third kappa shape index (κ3) is 3.69. The third-order valence-corrected chi connectivity index (χ3v) is 6.68. The Morgan fingerprint density at radius 3 is 2.84 bits per heavy atom. The number of nitrogens with one attached hydrogen (secondary N) is 1. The first-order chi connectivity index (χ1) is 15.1. The predicted octanol–water partition coefficient (Wildman–Crippen LogP) is 2.20. The van der Waals surface area contributed by atoms with Gasteiger partial charge in [0.2, 0.25) is 11.8 Å². The van der Waals surface area contributed by atoms with E-state index >= 15 is 0 Å². The van der Waals surface area contributed by atoms with Crippen LogP contribution in [0, 0.1) is 6.92 Å². The molecule has 1 aromatic heterocycles. The lowest BCUT2D eigenvalue weighted by atomic mass is 9.88. The summed E-state index contributed by atoms with van der Waals surface area (Å²) in [6.45, 7) is 6.14. The number of hydrogen-bond acceptors (Lipinski definition) is 7. The zero-order valence-electron chi connectivity index (χ0n) is 18.1. The number of carbonyl (C=O) groups excluding carboxylic acids is 1. The van der Waals surface area contributed by atoms with Crippen LogP contribution in [0.1, 0.15) is 30.0 Å². The highest BCUT2D eigenvalue weighted by molar-refractivity contribution is 5.86. The van der Waals surface area contributed by atoms with Gasteiger partial charge in [0.25, 0.3) is 5.91 Å². The normalized spacial score (nSPS) is 22.4. The van der Waals surface area contributed by atoms with Crippen molar-refractivity contribution >= 4 is 17.5 Å². The molecule has 1 atom stereocenters. The van der Waals surface area contributed by atoms with Crippen LogP contribution < -0.4 is 15.0 Å². The fourth-order valence-corrected chi connectivity index (χ4v) is 4.96. The van der Waals surface area contributed by atoms with Crippen LogP contribution in [0.2, 0.25) is 0 Å². The Morgan fingerprint density at radius 2 is 2.03 bits per heavy atom. The van der Waals surface area contributed by atoms with Crippen molar-refractivity contribution in [3.8, 4) is 5.88 Å². The minimum Gasteiger partial charge on any atom is -0.481 e. The highest BCUT2D eigenvalue weighted by Crippen LogP contribution is 2.36. The molecule has 0 radical (unpaired) electrons. The first-order valence-electron chi connectivity index (χ1n) is 11.0. The van der Waals surface area contributed by atoms with Crippen molar-refractivity contribution in [2.75, 3.05) is 56.7 Å². The van der Waals surface area contributed by atoms with Gasteiger partial charge in [0.05, 0.1) is 13.7 Å². The number of anilines is 2. The van der Waals surface area contributed by atoms with Crippen molar-refractivity contribution in [3.63, 3.8) is 0 Å². The number of ether oxygens (including phenoxy) is 2. The number of para-hydroxylation sites is 1. The molecule has 1 aromatic carbocycles. The molecule has 5 rings (SSSR count). The van der Waals surface area contributed by atoms with Crippen molar-refractivity contribution in [2.24, 2.45) is 0 Å². The Bertz CT molecular complexity index is 973. The summed E-state index contributed by atoms with van der Waals surface area (Å²) in [6, 6.07) is 10.2. The minimum absolute atomic E-state index is 0.130. The molecule has 31 heavy (non-hydrogen) atoms. The average molecular weight is 424 g/mol. The second kappa shape index (κ2) is 8.00. The number of benzene rings is 1. The van der Waals surface area contributed by atoms with Crippen LogP contribution in [-0.4, -0.2) is 72.8 Å². The molecule has 1 unspecified atom stereocenters. The Hall–Kier alpha value is -2.87. The molecule has 3 aliphatic heterocycles. The van der Waals surface area contributed by atoms with Crippen LogP contribution in [0.25, 0.3) is 0 Å². The van der Waals surface area contributed by atoms with Gasteiger partial charge in [0.15, 0.2) is 0 Å². The van der Waals surface area contributed by atoms with Gasteiger partial charge in [-0.2, -0.15) is 4.98 Å². The van der Waals surface area contributed by atoms with Crippen LogP contribution >= 0.6 is 0 Å². The molecule has 2 saturated heterocycles. The molecule has 4 heterocycles. The standard InChI is InChI=1S/C23H29N5O3/c1-16-13-20(30-2)26-22(25-16)27-9-7-23(8-10-27)21(29)28(11-12-31-23)15-17-14-24-19-6-4-3-5-18(17)19/h3-6,13,17,24H,7-12,14-15H2,1-2H3. The molecule has 1 amide bonds. The van der Waals surface area contributed by atoms with Gasteiger partial charge in [-0.15, -0.1) is 0 Å². The van der Waals surface area contributed by atoms with Crippen molar-refractivity contribution in [1.82, 2.24) is 14.9 Å². The molecule has 1 spiro atoms. The number of methoxy groups -OCH3 is 1. The molecule has 0 aliphatic carbocycles. The van der Waals surface area contributed by atoms with E-state index in [9.17, 15) is 4.79 Å². The van der Waals surface area contributed by atoms with E-state index < -0.39 is 5.60 Å². The summed E-state index contributed by atoms with van der Waals surface area (Å²) in [7, 11) is 1.61. The Balaban J connectivity index is 1.27. The SMILES string of the molecule is COc1cc(C)nc(N2CCC3(CC2)OCCN(CC2CNc4ccccc42)C3=O)n1. The quantitative estimate of drug-likeness (QED) is 0.808. The molecule has 8 heteroatoms. The summed E-state index contributed by atoms with van der Waals surface area (Å²) in [4.78, 5) is 26.7. The Morgan fingerprint density at radius 1 is 1.23 bits per heavy atom. The van der Waals surface area contributed by atoms with Gasteiger partial charge in [-0.05, 0) is 18.6 Å². The molecular weight excluding hydrogens is 394 g/mol. The highest BCUT2D eigenvalue weighted by atomic mass is 16.5. The van der Waals surface area contributed by atoms with Crippen LogP contribution in [0.4, 0.5) is 11.6 Å². The summed E-state index contributed by atoms with van der Waals surface area (Å²) in [5, 5.41) is 3.46. The lowest BCUT2D eigenvalue weighted by Gasteiger charge is -2.46. The molecule has 2 fully saturated rings. The number of amides is 1. The maximum Gasteiger partial charge on any atom is 0.255 e. The van der Waals surface area contributed by atoms with Crippen molar-refractivity contribution in [2.45, 2.75) is 31.3 Å². The maximum atomic E-state index is 13.5. The molecule has 1 N–H and O–H groups in total. The number of morpholine rings is 1. The predicted molar refractivity (Wildman–Crippen MR) is 118 cm³/mol. The minimum atomic E-state index is -0.728. The summed E-state index contributed by atoms with van der Waals surface area (Å²) < 4.78 is 11.4. The highest BCUT2D eigenvalue weighted by Gasteiger charge is 2.48. The maximum absolute atomic E-state index is 13.5. The fourth-order valence-electron chi connectivity index (χ4n) is 4.96. The van der Waals surface area contributed by atoms with Crippen LogP contribution in [0.3, 0.4) is 0 Å². The first-order valence-corrected chi connectivity index (χ1v) is 11.0. The van der Waals surface area contributed by atoms with E-state index in [1.807, 2.05) is 24.0 Å². The van der Waals surface area contributed by atoms with E-state index in [1.54, 1.807) is 7.11 Å². The number of carbonyl (C=O) groups is 1. The molecule has 0 saturated carbocycles. The number of aryl methyl sites for hydroxylation is 1. The van der Waals surface area contributed by atoms with E-state index in [0.29, 0.717) is 56.8 Å². The second-order valence-corrected chi connectivity index (χ2v) is 8.60. The first kappa shape index (κ1) is 20.1. The summed E-state index contributed by atoms with van der Waals surface area (Å²) in [5.41, 5.74) is 2.62. The summed E-state index contributed by atoms with van der Waals surface area (Å²) in [6.07, 6.45) is 1.28. The van der Waals surface area contributed by atoms with E-state index in [-0.39, 0.29) is 5.91 Å². The fraction of sp³-hybridized carbons (Fsp3) is 0.522. The van der Waals surface area contributed by atoms with Gasteiger partial charge >= 0.3 is 0 Å². The van der Waals surface area contributed by atoms with Crippen LogP contribution in [0.5, 0.6) is 5.88 Å². The van der Waals surface area contributed by atoms with Gasteiger partial charge in [0.1, 0.15) is 5.60 Å². The zero-order chi connectivity index (χ0) is 21.4. The lowest BCUT2D eigenvalue weighted by molar-refractivity contribution is -0.175. The molecule has 3 aliphatic rings. The topological polar surface area (TPSA) is 79.8 Å². The van der Waals surface area contributed by atoms with Crippen molar-refractivity contribution < 1.29 is 14.3 Å². The summed E-state index contributed by atoms with van der Waals surface area (Å²) in [5.74, 6) is 1.67. The van der Waals surface area contributed by atoms with E-state index in [0.717, 1.165) is 18.8 Å². The van der Waals surface area contributed by atoms with Gasteiger partial charge in [-0.1, -0.05) is 18.2 Å².